The maximum atomic E-state index is 11.7. The molecule has 128 valence electrons. The fourth-order valence-corrected chi connectivity index (χ4v) is 2.43. The number of nitrogens with one attached hydrogen (secondary N) is 1. The Bertz CT molecular complexity index is 740. The quantitative estimate of drug-likeness (QED) is 0.658. The van der Waals surface area contributed by atoms with Crippen LogP contribution < -0.4 is 10.2 Å². The molecular weight excluding hydrogens is 306 g/mol. The molecule has 7 heteroatoms. The van der Waals surface area contributed by atoms with Gasteiger partial charge in [0, 0.05) is 17.8 Å². The Morgan fingerprint density at radius 3 is 2.54 bits per heavy atom. The Morgan fingerprint density at radius 1 is 1.29 bits per heavy atom. The van der Waals surface area contributed by atoms with Gasteiger partial charge in [-0.3, -0.25) is 10.1 Å². The van der Waals surface area contributed by atoms with Crippen LogP contribution in [0.5, 0.6) is 0 Å². The second-order valence-corrected chi connectivity index (χ2v) is 6.61. The molecule has 2 aromatic rings. The van der Waals surface area contributed by atoms with Crippen molar-refractivity contribution in [3.05, 3.63) is 46.3 Å². The molecule has 0 saturated heterocycles. The van der Waals surface area contributed by atoms with Gasteiger partial charge in [-0.15, -0.1) is 0 Å². The van der Waals surface area contributed by atoms with Crippen LogP contribution in [0.1, 0.15) is 33.3 Å². The first-order valence-corrected chi connectivity index (χ1v) is 7.84. The summed E-state index contributed by atoms with van der Waals surface area (Å²) in [4.78, 5) is 21.4. The van der Waals surface area contributed by atoms with Crippen molar-refractivity contribution in [2.75, 3.05) is 16.8 Å². The van der Waals surface area contributed by atoms with E-state index in [9.17, 15) is 10.1 Å². The summed E-state index contributed by atoms with van der Waals surface area (Å²) >= 11 is 0. The van der Waals surface area contributed by atoms with Crippen molar-refractivity contribution in [2.45, 2.75) is 40.2 Å². The lowest BCUT2D eigenvalue weighted by Gasteiger charge is -2.25. The number of aromatic nitrogens is 2. The predicted octanol–water partition coefficient (Wildman–Crippen LogP) is 4.06. The molecule has 0 aliphatic rings. The third-order valence-corrected chi connectivity index (χ3v) is 3.36. The van der Waals surface area contributed by atoms with Gasteiger partial charge in [0.25, 0.3) is 0 Å². The summed E-state index contributed by atoms with van der Waals surface area (Å²) < 4.78 is 0. The van der Waals surface area contributed by atoms with E-state index in [0.717, 1.165) is 11.3 Å². The second kappa shape index (κ2) is 6.82. The number of aryl methyl sites for hydroxylation is 1. The Balaban J connectivity index is 2.59. The highest BCUT2D eigenvalue weighted by Crippen LogP contribution is 2.36. The first-order chi connectivity index (χ1) is 11.2. The highest BCUT2D eigenvalue weighted by molar-refractivity contribution is 5.76. The van der Waals surface area contributed by atoms with Crippen molar-refractivity contribution in [2.24, 2.45) is 0 Å². The third kappa shape index (κ3) is 3.98. The summed E-state index contributed by atoms with van der Waals surface area (Å²) in [7, 11) is 0. The van der Waals surface area contributed by atoms with Crippen LogP contribution in [0.15, 0.2) is 30.6 Å². The van der Waals surface area contributed by atoms with E-state index in [0.29, 0.717) is 6.54 Å². The van der Waals surface area contributed by atoms with Gasteiger partial charge in [-0.05, 0) is 52.3 Å². The van der Waals surface area contributed by atoms with Crippen molar-refractivity contribution < 1.29 is 4.92 Å². The molecule has 0 spiro atoms. The molecule has 1 aromatic carbocycles. The fourth-order valence-electron chi connectivity index (χ4n) is 2.43. The standard InChI is InChI=1S/C17H23N5O2/c1-6-21(13-9-7-8-12(2)10-13)16-14(22(23)24)15(18-11-19-16)20-17(3,4)5/h7-11H,6H2,1-5H3,(H,18,19,20). The van der Waals surface area contributed by atoms with Gasteiger partial charge in [0.2, 0.25) is 11.6 Å². The van der Waals surface area contributed by atoms with Gasteiger partial charge in [0.05, 0.1) is 4.92 Å². The van der Waals surface area contributed by atoms with E-state index in [1.807, 2.05) is 63.8 Å². The minimum Gasteiger partial charge on any atom is -0.360 e. The van der Waals surface area contributed by atoms with Gasteiger partial charge in [-0.25, -0.2) is 9.97 Å². The van der Waals surface area contributed by atoms with Crippen LogP contribution in [0, 0.1) is 17.0 Å². The molecule has 0 amide bonds. The molecule has 0 aliphatic heterocycles. The molecule has 1 N–H and O–H groups in total. The Hall–Kier alpha value is -2.70. The van der Waals surface area contributed by atoms with Gasteiger partial charge < -0.3 is 10.2 Å². The molecule has 0 fully saturated rings. The van der Waals surface area contributed by atoms with Crippen LogP contribution in [0.2, 0.25) is 0 Å². The molecule has 0 bridgehead atoms. The summed E-state index contributed by atoms with van der Waals surface area (Å²) in [6.45, 7) is 10.3. The van der Waals surface area contributed by atoms with Crippen molar-refractivity contribution >= 4 is 23.0 Å². The minimum absolute atomic E-state index is 0.115. The summed E-state index contributed by atoms with van der Waals surface area (Å²) in [5.74, 6) is 0.512. The largest absolute Gasteiger partial charge is 0.360 e. The first-order valence-electron chi connectivity index (χ1n) is 7.84. The van der Waals surface area contributed by atoms with Gasteiger partial charge >= 0.3 is 5.69 Å². The van der Waals surface area contributed by atoms with Crippen LogP contribution in [-0.2, 0) is 0 Å². The number of anilines is 3. The molecule has 1 heterocycles. The monoisotopic (exact) mass is 329 g/mol. The normalized spacial score (nSPS) is 11.2. The lowest BCUT2D eigenvalue weighted by atomic mass is 10.1. The molecule has 1 aromatic heterocycles. The van der Waals surface area contributed by atoms with Crippen molar-refractivity contribution in [1.29, 1.82) is 0 Å². The molecule has 0 unspecified atom stereocenters. The van der Waals surface area contributed by atoms with Crippen LogP contribution in [0.4, 0.5) is 23.0 Å². The number of hydrogen-bond donors (Lipinski definition) is 1. The molecule has 0 aliphatic carbocycles. The molecule has 0 radical (unpaired) electrons. The smallest absolute Gasteiger partial charge is 0.353 e. The van der Waals surface area contributed by atoms with Gasteiger partial charge in [0.15, 0.2) is 0 Å². The van der Waals surface area contributed by atoms with E-state index < -0.39 is 4.92 Å². The Morgan fingerprint density at radius 2 is 2.00 bits per heavy atom. The van der Waals surface area contributed by atoms with Gasteiger partial charge in [-0.1, -0.05) is 12.1 Å². The highest BCUT2D eigenvalue weighted by atomic mass is 16.6. The summed E-state index contributed by atoms with van der Waals surface area (Å²) in [5.41, 5.74) is 1.48. The molecule has 0 saturated carbocycles. The van der Waals surface area contributed by atoms with Crippen LogP contribution in [0.3, 0.4) is 0 Å². The fraction of sp³-hybridized carbons (Fsp3) is 0.412. The topological polar surface area (TPSA) is 84.2 Å². The van der Waals surface area contributed by atoms with E-state index in [4.69, 9.17) is 0 Å². The summed E-state index contributed by atoms with van der Waals surface area (Å²) in [6.07, 6.45) is 1.36. The number of rotatable bonds is 5. The SMILES string of the molecule is CCN(c1cccc(C)c1)c1ncnc(NC(C)(C)C)c1[N+](=O)[O-]. The van der Waals surface area contributed by atoms with E-state index in [1.165, 1.54) is 6.33 Å². The van der Waals surface area contributed by atoms with E-state index in [2.05, 4.69) is 15.3 Å². The second-order valence-electron chi connectivity index (χ2n) is 6.61. The molecule has 2 rings (SSSR count). The number of nitro groups is 1. The Kier molecular flexibility index (Phi) is 5.02. The molecule has 7 nitrogen and oxygen atoms in total. The van der Waals surface area contributed by atoms with E-state index in [-0.39, 0.29) is 22.9 Å². The van der Waals surface area contributed by atoms with Crippen molar-refractivity contribution in [3.8, 4) is 0 Å². The zero-order chi connectivity index (χ0) is 17.9. The summed E-state index contributed by atoms with van der Waals surface area (Å²) in [5, 5.41) is 14.8. The predicted molar refractivity (Wildman–Crippen MR) is 95.9 cm³/mol. The maximum absolute atomic E-state index is 11.7. The molecule has 24 heavy (non-hydrogen) atoms. The van der Waals surface area contributed by atoms with E-state index >= 15 is 0 Å². The van der Waals surface area contributed by atoms with Crippen molar-refractivity contribution in [3.63, 3.8) is 0 Å². The minimum atomic E-state index is -0.429. The third-order valence-electron chi connectivity index (χ3n) is 3.36. The van der Waals surface area contributed by atoms with Crippen LogP contribution in [-0.4, -0.2) is 27.0 Å². The zero-order valence-corrected chi connectivity index (χ0v) is 14.7. The number of hydrogen-bond acceptors (Lipinski definition) is 6. The number of nitrogens with zero attached hydrogens (tertiary/aromatic N) is 4. The Labute approximate surface area is 141 Å². The maximum Gasteiger partial charge on any atom is 0.353 e. The zero-order valence-electron chi connectivity index (χ0n) is 14.7. The molecular formula is C17H23N5O2. The van der Waals surface area contributed by atoms with Gasteiger partial charge in [0.1, 0.15) is 6.33 Å². The van der Waals surface area contributed by atoms with Crippen molar-refractivity contribution in [1.82, 2.24) is 9.97 Å². The van der Waals surface area contributed by atoms with Crippen LogP contribution >= 0.6 is 0 Å². The van der Waals surface area contributed by atoms with Gasteiger partial charge in [-0.2, -0.15) is 0 Å². The van der Waals surface area contributed by atoms with E-state index in [1.54, 1.807) is 0 Å². The summed E-state index contributed by atoms with van der Waals surface area (Å²) in [6, 6.07) is 7.80. The number of benzene rings is 1. The highest BCUT2D eigenvalue weighted by Gasteiger charge is 2.29. The average molecular weight is 329 g/mol. The first kappa shape index (κ1) is 17.7. The molecule has 0 atom stereocenters. The average Bonchev–Trinajstić information content (AvgIpc) is 2.46. The lowest BCUT2D eigenvalue weighted by Crippen LogP contribution is -2.28. The lowest BCUT2D eigenvalue weighted by molar-refractivity contribution is -0.383. The van der Waals surface area contributed by atoms with Crippen LogP contribution in [0.25, 0.3) is 0 Å².